The zero-order valence-electron chi connectivity index (χ0n) is 9.94. The van der Waals surface area contributed by atoms with E-state index in [2.05, 4.69) is 35.2 Å². The third-order valence-electron chi connectivity index (χ3n) is 2.86. The molecule has 0 radical (unpaired) electrons. The maximum absolute atomic E-state index is 5.64. The molecule has 92 valence electrons. The Balaban J connectivity index is 1.97. The quantitative estimate of drug-likeness (QED) is 0.763. The fraction of sp³-hybridized carbons (Fsp3) is 0.429. The van der Waals surface area contributed by atoms with Gasteiger partial charge in [0.1, 0.15) is 0 Å². The summed E-state index contributed by atoms with van der Waals surface area (Å²) in [5.41, 5.74) is 2.57. The largest absolute Gasteiger partial charge is 0.379 e. The summed E-state index contributed by atoms with van der Waals surface area (Å²) in [6, 6.07) is 8.60. The molecular weight excluding hydrogens is 234 g/mol. The van der Waals surface area contributed by atoms with Crippen molar-refractivity contribution in [2.24, 2.45) is 0 Å². The third-order valence-corrected chi connectivity index (χ3v) is 3.04. The van der Waals surface area contributed by atoms with Crippen LogP contribution in [-0.4, -0.2) is 37.1 Å². The van der Waals surface area contributed by atoms with E-state index in [9.17, 15) is 0 Å². The topological polar surface area (TPSA) is 12.5 Å². The number of benzene rings is 1. The van der Waals surface area contributed by atoms with Gasteiger partial charge in [0.2, 0.25) is 0 Å². The molecule has 0 aliphatic carbocycles. The number of hydrogen-bond acceptors (Lipinski definition) is 2. The van der Waals surface area contributed by atoms with Crippen molar-refractivity contribution in [2.45, 2.75) is 6.54 Å². The normalized spacial score (nSPS) is 17.7. The van der Waals surface area contributed by atoms with Crippen LogP contribution in [0.5, 0.6) is 0 Å². The lowest BCUT2D eigenvalue weighted by Gasteiger charge is -2.26. The average Bonchev–Trinajstić information content (AvgIpc) is 2.38. The molecule has 1 fully saturated rings. The zero-order valence-corrected chi connectivity index (χ0v) is 10.7. The van der Waals surface area contributed by atoms with Gasteiger partial charge in [0, 0.05) is 25.5 Å². The van der Waals surface area contributed by atoms with E-state index in [1.54, 1.807) is 0 Å². The molecule has 2 rings (SSSR count). The highest BCUT2D eigenvalue weighted by atomic mass is 35.5. The van der Waals surface area contributed by atoms with Crippen LogP contribution in [0.1, 0.15) is 11.1 Å². The molecule has 1 aliphatic heterocycles. The first-order valence-corrected chi connectivity index (χ1v) is 6.53. The maximum Gasteiger partial charge on any atom is 0.0594 e. The molecule has 0 bridgehead atoms. The SMILES string of the molecule is ClC/C=C/c1cccc(CN2CCOCC2)c1. The van der Waals surface area contributed by atoms with Crippen molar-refractivity contribution in [3.05, 3.63) is 41.5 Å². The number of morpholine rings is 1. The molecule has 0 unspecified atom stereocenters. The van der Waals surface area contributed by atoms with Crippen molar-refractivity contribution in [1.29, 1.82) is 0 Å². The summed E-state index contributed by atoms with van der Waals surface area (Å²) in [6.07, 6.45) is 4.03. The van der Waals surface area contributed by atoms with Gasteiger partial charge in [0.25, 0.3) is 0 Å². The van der Waals surface area contributed by atoms with Gasteiger partial charge in [-0.1, -0.05) is 36.4 Å². The van der Waals surface area contributed by atoms with E-state index in [0.29, 0.717) is 5.88 Å². The van der Waals surface area contributed by atoms with E-state index >= 15 is 0 Å². The standard InChI is InChI=1S/C14H18ClNO/c15-6-2-5-13-3-1-4-14(11-13)12-16-7-9-17-10-8-16/h1-5,11H,6-10,12H2/b5-2+. The number of hydrogen-bond donors (Lipinski definition) is 0. The first-order chi connectivity index (χ1) is 8.38. The fourth-order valence-electron chi connectivity index (χ4n) is 1.99. The van der Waals surface area contributed by atoms with E-state index < -0.39 is 0 Å². The third kappa shape index (κ3) is 4.15. The molecule has 1 aliphatic rings. The van der Waals surface area contributed by atoms with Crippen molar-refractivity contribution in [2.75, 3.05) is 32.2 Å². The fourth-order valence-corrected chi connectivity index (χ4v) is 2.08. The van der Waals surface area contributed by atoms with Crippen molar-refractivity contribution >= 4 is 17.7 Å². The van der Waals surface area contributed by atoms with Gasteiger partial charge < -0.3 is 4.74 Å². The predicted octanol–water partition coefficient (Wildman–Crippen LogP) is 2.77. The van der Waals surface area contributed by atoms with E-state index in [-0.39, 0.29) is 0 Å². The lowest BCUT2D eigenvalue weighted by atomic mass is 10.1. The minimum Gasteiger partial charge on any atom is -0.379 e. The van der Waals surface area contributed by atoms with Crippen molar-refractivity contribution in [3.63, 3.8) is 0 Å². The molecule has 0 amide bonds. The Morgan fingerprint density at radius 2 is 2.12 bits per heavy atom. The Labute approximate surface area is 108 Å². The summed E-state index contributed by atoms with van der Waals surface area (Å²) >= 11 is 5.64. The minimum absolute atomic E-state index is 0.563. The summed E-state index contributed by atoms with van der Waals surface area (Å²) in [5.74, 6) is 0.563. The molecule has 0 atom stereocenters. The molecule has 0 N–H and O–H groups in total. The van der Waals surface area contributed by atoms with Crippen LogP contribution in [0, 0.1) is 0 Å². The molecule has 3 heteroatoms. The summed E-state index contributed by atoms with van der Waals surface area (Å²) < 4.78 is 5.35. The molecule has 1 saturated heterocycles. The van der Waals surface area contributed by atoms with Crippen LogP contribution in [0.15, 0.2) is 30.3 Å². The number of allylic oxidation sites excluding steroid dienone is 1. The van der Waals surface area contributed by atoms with Crippen molar-refractivity contribution in [3.8, 4) is 0 Å². The van der Waals surface area contributed by atoms with Crippen LogP contribution in [0.3, 0.4) is 0 Å². The molecule has 0 saturated carbocycles. The van der Waals surface area contributed by atoms with Crippen LogP contribution in [-0.2, 0) is 11.3 Å². The number of alkyl halides is 1. The van der Waals surface area contributed by atoms with Crippen LogP contribution in [0.25, 0.3) is 6.08 Å². The average molecular weight is 252 g/mol. The molecule has 0 spiro atoms. The van der Waals surface area contributed by atoms with E-state index in [4.69, 9.17) is 16.3 Å². The first-order valence-electron chi connectivity index (χ1n) is 6.00. The summed E-state index contributed by atoms with van der Waals surface area (Å²) in [4.78, 5) is 2.42. The van der Waals surface area contributed by atoms with E-state index in [1.165, 1.54) is 11.1 Å². The highest BCUT2D eigenvalue weighted by Crippen LogP contribution is 2.11. The molecule has 2 nitrogen and oxygen atoms in total. The van der Waals surface area contributed by atoms with Gasteiger partial charge in [-0.3, -0.25) is 4.90 Å². The van der Waals surface area contributed by atoms with Gasteiger partial charge in [0.05, 0.1) is 13.2 Å². The first kappa shape index (κ1) is 12.6. The lowest BCUT2D eigenvalue weighted by Crippen LogP contribution is -2.35. The monoisotopic (exact) mass is 251 g/mol. The van der Waals surface area contributed by atoms with Gasteiger partial charge in [-0.15, -0.1) is 11.6 Å². The second kappa shape index (κ2) is 6.80. The van der Waals surface area contributed by atoms with Crippen molar-refractivity contribution in [1.82, 2.24) is 4.90 Å². The molecule has 1 heterocycles. The van der Waals surface area contributed by atoms with Crippen LogP contribution in [0.2, 0.25) is 0 Å². The smallest absolute Gasteiger partial charge is 0.0594 e. The Morgan fingerprint density at radius 3 is 2.88 bits per heavy atom. The number of halogens is 1. The molecular formula is C14H18ClNO. The summed E-state index contributed by atoms with van der Waals surface area (Å²) in [5, 5.41) is 0. The second-order valence-corrected chi connectivity index (χ2v) is 4.50. The number of nitrogens with zero attached hydrogens (tertiary/aromatic N) is 1. The molecule has 0 aromatic heterocycles. The predicted molar refractivity (Wildman–Crippen MR) is 72.3 cm³/mol. The maximum atomic E-state index is 5.64. The highest BCUT2D eigenvalue weighted by molar-refractivity contribution is 6.19. The number of ether oxygens (including phenoxy) is 1. The Bertz CT molecular complexity index is 372. The van der Waals surface area contributed by atoms with E-state index in [1.807, 2.05) is 6.08 Å². The lowest BCUT2D eigenvalue weighted by molar-refractivity contribution is 0.0342. The molecule has 1 aromatic rings. The Hall–Kier alpha value is -0.830. The van der Waals surface area contributed by atoms with Crippen molar-refractivity contribution < 1.29 is 4.74 Å². The minimum atomic E-state index is 0.563. The number of rotatable bonds is 4. The van der Waals surface area contributed by atoms with Gasteiger partial charge in [-0.25, -0.2) is 0 Å². The second-order valence-electron chi connectivity index (χ2n) is 4.19. The highest BCUT2D eigenvalue weighted by Gasteiger charge is 2.10. The Morgan fingerprint density at radius 1 is 1.29 bits per heavy atom. The van der Waals surface area contributed by atoms with Crippen LogP contribution >= 0.6 is 11.6 Å². The van der Waals surface area contributed by atoms with Gasteiger partial charge >= 0.3 is 0 Å². The van der Waals surface area contributed by atoms with E-state index in [0.717, 1.165) is 32.8 Å². The van der Waals surface area contributed by atoms with Gasteiger partial charge in [-0.05, 0) is 11.1 Å². The van der Waals surface area contributed by atoms with Gasteiger partial charge in [0.15, 0.2) is 0 Å². The van der Waals surface area contributed by atoms with Crippen LogP contribution < -0.4 is 0 Å². The summed E-state index contributed by atoms with van der Waals surface area (Å²) in [7, 11) is 0. The molecule has 17 heavy (non-hydrogen) atoms. The zero-order chi connectivity index (χ0) is 11.9. The van der Waals surface area contributed by atoms with Gasteiger partial charge in [-0.2, -0.15) is 0 Å². The Kier molecular flexibility index (Phi) is 5.05. The summed E-state index contributed by atoms with van der Waals surface area (Å²) in [6.45, 7) is 4.77. The van der Waals surface area contributed by atoms with Crippen LogP contribution in [0.4, 0.5) is 0 Å². The molecule has 1 aromatic carbocycles.